The van der Waals surface area contributed by atoms with E-state index in [2.05, 4.69) is 35.7 Å². The number of aromatic amines is 1. The average Bonchev–Trinajstić information content (AvgIpc) is 3.32. The van der Waals surface area contributed by atoms with Crippen molar-refractivity contribution in [2.24, 2.45) is 4.99 Å². The third-order valence-corrected chi connectivity index (χ3v) is 3.83. The van der Waals surface area contributed by atoms with Gasteiger partial charge in [-0.2, -0.15) is 0 Å². The van der Waals surface area contributed by atoms with E-state index in [1.165, 1.54) is 0 Å². The quantitative estimate of drug-likeness (QED) is 0.493. The Kier molecular flexibility index (Phi) is 6.41. The van der Waals surface area contributed by atoms with Crippen LogP contribution in [0, 0.1) is 0 Å². The summed E-state index contributed by atoms with van der Waals surface area (Å²) in [5.41, 5.74) is 0. The Morgan fingerprint density at radius 3 is 3.00 bits per heavy atom. The molecule has 0 amide bonds. The summed E-state index contributed by atoms with van der Waals surface area (Å²) in [6, 6.07) is 3.64. The van der Waals surface area contributed by atoms with E-state index < -0.39 is 0 Å². The zero-order valence-corrected chi connectivity index (χ0v) is 14.5. The Labute approximate surface area is 146 Å². The van der Waals surface area contributed by atoms with Gasteiger partial charge in [0.15, 0.2) is 11.7 Å². The predicted octanol–water partition coefficient (Wildman–Crippen LogP) is 0.452. The van der Waals surface area contributed by atoms with E-state index in [0.29, 0.717) is 24.0 Å². The van der Waals surface area contributed by atoms with Gasteiger partial charge in [-0.15, -0.1) is 5.10 Å². The van der Waals surface area contributed by atoms with Crippen molar-refractivity contribution < 1.29 is 9.15 Å². The van der Waals surface area contributed by atoms with E-state index >= 15 is 0 Å². The summed E-state index contributed by atoms with van der Waals surface area (Å²) in [4.78, 5) is 11.3. The fourth-order valence-corrected chi connectivity index (χ4v) is 2.53. The Hall–Kier alpha value is -2.39. The molecule has 25 heavy (non-hydrogen) atoms. The van der Waals surface area contributed by atoms with Crippen LogP contribution in [0.3, 0.4) is 0 Å². The number of aliphatic imine (C=N–C) groups is 1. The molecule has 0 bridgehead atoms. The third-order valence-electron chi connectivity index (χ3n) is 3.83. The SMILES string of the molecule is CCNC(=NCc1nc(-c2ccco2)n[nH]1)NCCN1CCOCC1. The maximum Gasteiger partial charge on any atom is 0.216 e. The molecule has 0 radical (unpaired) electrons. The van der Waals surface area contributed by atoms with Crippen molar-refractivity contribution in [3.8, 4) is 11.6 Å². The van der Waals surface area contributed by atoms with Gasteiger partial charge >= 0.3 is 0 Å². The molecule has 0 saturated carbocycles. The van der Waals surface area contributed by atoms with Crippen molar-refractivity contribution in [1.82, 2.24) is 30.7 Å². The number of nitrogens with one attached hydrogen (secondary N) is 3. The van der Waals surface area contributed by atoms with Gasteiger partial charge in [0.1, 0.15) is 12.4 Å². The second-order valence-electron chi connectivity index (χ2n) is 5.66. The summed E-state index contributed by atoms with van der Waals surface area (Å²) in [7, 11) is 0. The highest BCUT2D eigenvalue weighted by atomic mass is 16.5. The number of guanidine groups is 1. The van der Waals surface area contributed by atoms with Gasteiger partial charge in [0.05, 0.1) is 19.5 Å². The minimum Gasteiger partial charge on any atom is -0.461 e. The fourth-order valence-electron chi connectivity index (χ4n) is 2.53. The molecule has 0 atom stereocenters. The number of nitrogens with zero attached hydrogens (tertiary/aromatic N) is 4. The van der Waals surface area contributed by atoms with Gasteiger partial charge in [-0.05, 0) is 19.1 Å². The van der Waals surface area contributed by atoms with Gasteiger partial charge < -0.3 is 19.8 Å². The minimum absolute atomic E-state index is 0.417. The topological polar surface area (TPSA) is 104 Å². The summed E-state index contributed by atoms with van der Waals surface area (Å²) in [6.07, 6.45) is 1.60. The summed E-state index contributed by atoms with van der Waals surface area (Å²) in [5, 5.41) is 13.6. The highest BCUT2D eigenvalue weighted by Crippen LogP contribution is 2.14. The number of aromatic nitrogens is 3. The number of H-pyrrole nitrogens is 1. The number of hydrogen-bond acceptors (Lipinski definition) is 6. The summed E-state index contributed by atoms with van der Waals surface area (Å²) in [6.45, 7) is 8.68. The fraction of sp³-hybridized carbons (Fsp3) is 0.562. The van der Waals surface area contributed by atoms with Crippen molar-refractivity contribution in [3.05, 3.63) is 24.2 Å². The first-order chi connectivity index (χ1) is 12.3. The summed E-state index contributed by atoms with van der Waals surface area (Å²) >= 11 is 0. The smallest absolute Gasteiger partial charge is 0.216 e. The molecule has 1 fully saturated rings. The zero-order valence-electron chi connectivity index (χ0n) is 14.5. The van der Waals surface area contributed by atoms with E-state index in [-0.39, 0.29) is 0 Å². The lowest BCUT2D eigenvalue weighted by Crippen LogP contribution is -2.44. The standard InChI is InChI=1S/C16H25N7O2/c1-2-17-16(18-5-6-23-7-10-24-11-8-23)19-12-14-20-15(22-21-14)13-4-3-9-25-13/h3-4,9H,2,5-8,10-12H2,1H3,(H2,17,18,19)(H,20,21,22). The minimum atomic E-state index is 0.417. The van der Waals surface area contributed by atoms with Crippen LogP contribution in [0.4, 0.5) is 0 Å². The Morgan fingerprint density at radius 1 is 1.36 bits per heavy atom. The van der Waals surface area contributed by atoms with Crippen LogP contribution in [0.1, 0.15) is 12.7 Å². The van der Waals surface area contributed by atoms with Gasteiger partial charge in [-0.3, -0.25) is 10.00 Å². The van der Waals surface area contributed by atoms with Gasteiger partial charge in [-0.1, -0.05) is 0 Å². The monoisotopic (exact) mass is 347 g/mol. The lowest BCUT2D eigenvalue weighted by atomic mass is 10.4. The van der Waals surface area contributed by atoms with Crippen LogP contribution in [0.2, 0.25) is 0 Å². The normalized spacial score (nSPS) is 16.1. The van der Waals surface area contributed by atoms with Crippen LogP contribution < -0.4 is 10.6 Å². The molecule has 0 aromatic carbocycles. The molecule has 2 aromatic heterocycles. The molecular formula is C16H25N7O2. The van der Waals surface area contributed by atoms with Gasteiger partial charge in [-0.25, -0.2) is 9.98 Å². The Morgan fingerprint density at radius 2 is 2.24 bits per heavy atom. The van der Waals surface area contributed by atoms with Crippen LogP contribution in [0.15, 0.2) is 27.8 Å². The molecule has 0 spiro atoms. The first kappa shape index (κ1) is 17.4. The van der Waals surface area contributed by atoms with E-state index in [4.69, 9.17) is 9.15 Å². The molecule has 0 unspecified atom stereocenters. The summed E-state index contributed by atoms with van der Waals surface area (Å²) in [5.74, 6) is 2.64. The van der Waals surface area contributed by atoms with Crippen molar-refractivity contribution in [3.63, 3.8) is 0 Å². The molecule has 3 heterocycles. The summed E-state index contributed by atoms with van der Waals surface area (Å²) < 4.78 is 10.6. The number of ether oxygens (including phenoxy) is 1. The molecule has 1 aliphatic heterocycles. The first-order valence-corrected chi connectivity index (χ1v) is 8.62. The molecule has 0 aliphatic carbocycles. The lowest BCUT2D eigenvalue weighted by Gasteiger charge is -2.26. The second-order valence-corrected chi connectivity index (χ2v) is 5.66. The molecule has 9 nitrogen and oxygen atoms in total. The average molecular weight is 347 g/mol. The highest BCUT2D eigenvalue weighted by molar-refractivity contribution is 5.79. The zero-order chi connectivity index (χ0) is 17.3. The molecule has 3 rings (SSSR count). The van der Waals surface area contributed by atoms with E-state index in [1.807, 2.05) is 19.1 Å². The lowest BCUT2D eigenvalue weighted by molar-refractivity contribution is 0.0389. The maximum absolute atomic E-state index is 5.36. The largest absolute Gasteiger partial charge is 0.461 e. The second kappa shape index (κ2) is 9.19. The number of hydrogen-bond donors (Lipinski definition) is 3. The third kappa shape index (κ3) is 5.30. The molecule has 136 valence electrons. The van der Waals surface area contributed by atoms with Crippen molar-refractivity contribution in [1.29, 1.82) is 0 Å². The van der Waals surface area contributed by atoms with Crippen LogP contribution in [0.5, 0.6) is 0 Å². The molecule has 9 heteroatoms. The number of rotatable bonds is 7. The van der Waals surface area contributed by atoms with E-state index in [1.54, 1.807) is 6.26 Å². The van der Waals surface area contributed by atoms with Crippen molar-refractivity contribution in [2.45, 2.75) is 13.5 Å². The Balaban J connectivity index is 1.49. The number of morpholine rings is 1. The van der Waals surface area contributed by atoms with E-state index in [9.17, 15) is 0 Å². The van der Waals surface area contributed by atoms with Gasteiger partial charge in [0.25, 0.3) is 0 Å². The van der Waals surface area contributed by atoms with Crippen molar-refractivity contribution in [2.75, 3.05) is 45.9 Å². The first-order valence-electron chi connectivity index (χ1n) is 8.62. The van der Waals surface area contributed by atoms with Gasteiger partial charge in [0, 0.05) is 32.7 Å². The molecule has 2 aromatic rings. The van der Waals surface area contributed by atoms with Crippen LogP contribution >= 0.6 is 0 Å². The van der Waals surface area contributed by atoms with Gasteiger partial charge in [0.2, 0.25) is 5.82 Å². The molecule has 1 aliphatic rings. The molecule has 1 saturated heterocycles. The Bertz CT molecular complexity index is 647. The highest BCUT2D eigenvalue weighted by Gasteiger charge is 2.10. The van der Waals surface area contributed by atoms with Crippen LogP contribution in [-0.2, 0) is 11.3 Å². The van der Waals surface area contributed by atoms with Crippen molar-refractivity contribution >= 4 is 5.96 Å². The predicted molar refractivity (Wildman–Crippen MR) is 94.2 cm³/mol. The maximum atomic E-state index is 5.36. The van der Waals surface area contributed by atoms with E-state index in [0.717, 1.165) is 51.9 Å². The van der Waals surface area contributed by atoms with Crippen LogP contribution in [0.25, 0.3) is 11.6 Å². The van der Waals surface area contributed by atoms with Crippen LogP contribution in [-0.4, -0.2) is 72.0 Å². The molecular weight excluding hydrogens is 322 g/mol. The number of furan rings is 1. The molecule has 3 N–H and O–H groups in total.